The monoisotopic (exact) mass is 393 g/mol. The van der Waals surface area contributed by atoms with E-state index in [0.29, 0.717) is 59.5 Å². The minimum Gasteiger partial charge on any atom is -0.460 e. The van der Waals surface area contributed by atoms with E-state index in [1.54, 1.807) is 0 Å². The van der Waals surface area contributed by atoms with Gasteiger partial charge in [-0.15, -0.1) is 0 Å². The molecule has 0 saturated carbocycles. The number of hydrogen-bond donors (Lipinski definition) is 0. The molecule has 0 amide bonds. The van der Waals surface area contributed by atoms with Gasteiger partial charge in [0, 0.05) is 6.54 Å². The SMILES string of the molecule is CN(C)CCOCCOCCOCCOCCOCCC(=O)OC(C)(C)C. The Balaban J connectivity index is 3.14. The second-order valence-electron chi connectivity index (χ2n) is 7.20. The van der Waals surface area contributed by atoms with Gasteiger partial charge in [0.05, 0.1) is 72.5 Å². The molecule has 0 aliphatic carbocycles. The lowest BCUT2D eigenvalue weighted by Crippen LogP contribution is -2.24. The van der Waals surface area contributed by atoms with Gasteiger partial charge in [-0.1, -0.05) is 0 Å². The van der Waals surface area contributed by atoms with Crippen LogP contribution in [-0.4, -0.2) is 103 Å². The lowest BCUT2D eigenvalue weighted by molar-refractivity contribution is -0.156. The Morgan fingerprint density at radius 2 is 1.04 bits per heavy atom. The summed E-state index contributed by atoms with van der Waals surface area (Å²) in [5.74, 6) is -0.251. The molecule has 27 heavy (non-hydrogen) atoms. The molecule has 8 nitrogen and oxygen atoms in total. The summed E-state index contributed by atoms with van der Waals surface area (Å²) < 4.78 is 32.1. The van der Waals surface area contributed by atoms with Crippen LogP contribution < -0.4 is 0 Å². The normalized spacial score (nSPS) is 11.9. The molecule has 0 bridgehead atoms. The van der Waals surface area contributed by atoms with Gasteiger partial charge >= 0.3 is 5.97 Å². The number of likely N-dealkylation sites (N-methyl/N-ethyl adjacent to an activating group) is 1. The number of ether oxygens (including phenoxy) is 6. The number of rotatable bonds is 18. The van der Waals surface area contributed by atoms with Crippen molar-refractivity contribution in [2.75, 3.05) is 86.7 Å². The van der Waals surface area contributed by atoms with Gasteiger partial charge in [0.15, 0.2) is 0 Å². The molecule has 0 unspecified atom stereocenters. The highest BCUT2D eigenvalue weighted by molar-refractivity contribution is 5.69. The van der Waals surface area contributed by atoms with Crippen molar-refractivity contribution in [3.05, 3.63) is 0 Å². The topological polar surface area (TPSA) is 75.7 Å². The lowest BCUT2D eigenvalue weighted by Gasteiger charge is -2.19. The molecule has 0 atom stereocenters. The van der Waals surface area contributed by atoms with Crippen LogP contribution in [0.4, 0.5) is 0 Å². The van der Waals surface area contributed by atoms with Crippen LogP contribution in [0.5, 0.6) is 0 Å². The number of hydrogen-bond acceptors (Lipinski definition) is 8. The zero-order chi connectivity index (χ0) is 20.4. The van der Waals surface area contributed by atoms with Gasteiger partial charge in [-0.3, -0.25) is 4.79 Å². The molecule has 0 aliphatic rings. The number of nitrogens with zero attached hydrogens (tertiary/aromatic N) is 1. The predicted molar refractivity (Wildman–Crippen MR) is 103 cm³/mol. The van der Waals surface area contributed by atoms with Gasteiger partial charge in [-0.2, -0.15) is 0 Å². The fraction of sp³-hybridized carbons (Fsp3) is 0.947. The van der Waals surface area contributed by atoms with E-state index in [4.69, 9.17) is 28.4 Å². The van der Waals surface area contributed by atoms with Crippen LogP contribution in [0.2, 0.25) is 0 Å². The van der Waals surface area contributed by atoms with Crippen LogP contribution in [0.3, 0.4) is 0 Å². The zero-order valence-corrected chi connectivity index (χ0v) is 17.8. The zero-order valence-electron chi connectivity index (χ0n) is 17.8. The second-order valence-corrected chi connectivity index (χ2v) is 7.20. The maximum Gasteiger partial charge on any atom is 0.308 e. The third-order valence-corrected chi connectivity index (χ3v) is 3.04. The third kappa shape index (κ3) is 23.2. The van der Waals surface area contributed by atoms with Crippen molar-refractivity contribution in [2.45, 2.75) is 32.8 Å². The molecule has 162 valence electrons. The maximum absolute atomic E-state index is 11.5. The summed E-state index contributed by atoms with van der Waals surface area (Å²) in [5, 5.41) is 0. The summed E-state index contributed by atoms with van der Waals surface area (Å²) >= 11 is 0. The average molecular weight is 394 g/mol. The highest BCUT2D eigenvalue weighted by atomic mass is 16.6. The number of carbonyl (C=O) groups is 1. The Labute approximate surface area is 164 Å². The first-order valence-corrected chi connectivity index (χ1v) is 9.56. The van der Waals surface area contributed by atoms with E-state index >= 15 is 0 Å². The summed E-state index contributed by atoms with van der Waals surface area (Å²) in [6, 6.07) is 0. The van der Waals surface area contributed by atoms with Crippen LogP contribution in [-0.2, 0) is 33.2 Å². The van der Waals surface area contributed by atoms with Gasteiger partial charge in [-0.25, -0.2) is 0 Å². The second kappa shape index (κ2) is 17.3. The molecular weight excluding hydrogens is 354 g/mol. The van der Waals surface area contributed by atoms with E-state index in [2.05, 4.69) is 4.90 Å². The molecule has 8 heteroatoms. The fourth-order valence-corrected chi connectivity index (χ4v) is 1.78. The van der Waals surface area contributed by atoms with E-state index in [0.717, 1.165) is 13.2 Å². The highest BCUT2D eigenvalue weighted by Gasteiger charge is 2.15. The van der Waals surface area contributed by atoms with E-state index in [9.17, 15) is 4.79 Å². The van der Waals surface area contributed by atoms with Crippen molar-refractivity contribution in [1.29, 1.82) is 0 Å². The molecular formula is C19H39NO7. The Kier molecular flexibility index (Phi) is 16.8. The molecule has 0 aromatic rings. The first-order valence-electron chi connectivity index (χ1n) is 9.56. The van der Waals surface area contributed by atoms with E-state index < -0.39 is 5.60 Å². The third-order valence-electron chi connectivity index (χ3n) is 3.04. The molecule has 0 aliphatic heterocycles. The number of carbonyl (C=O) groups excluding carboxylic acids is 1. The van der Waals surface area contributed by atoms with E-state index in [1.807, 2.05) is 34.9 Å². The molecule has 0 heterocycles. The van der Waals surface area contributed by atoms with Crippen LogP contribution in [0.25, 0.3) is 0 Å². The van der Waals surface area contributed by atoms with E-state index in [-0.39, 0.29) is 12.4 Å². The van der Waals surface area contributed by atoms with Gasteiger partial charge in [0.1, 0.15) is 5.60 Å². The Bertz CT molecular complexity index is 345. The quantitative estimate of drug-likeness (QED) is 0.255. The standard InChI is InChI=1S/C19H39NO7/c1-19(2,3)27-18(21)6-8-22-10-12-24-14-16-26-17-15-25-13-11-23-9-7-20(4)5/h6-17H2,1-5H3. The smallest absolute Gasteiger partial charge is 0.308 e. The van der Waals surface area contributed by atoms with Crippen molar-refractivity contribution in [1.82, 2.24) is 4.90 Å². The molecule has 0 rings (SSSR count). The van der Waals surface area contributed by atoms with Crippen molar-refractivity contribution >= 4 is 5.97 Å². The fourth-order valence-electron chi connectivity index (χ4n) is 1.78. The minimum atomic E-state index is -0.453. The molecule has 0 aromatic carbocycles. The van der Waals surface area contributed by atoms with Gasteiger partial charge in [0.25, 0.3) is 0 Å². The van der Waals surface area contributed by atoms with Crippen LogP contribution in [0.1, 0.15) is 27.2 Å². The van der Waals surface area contributed by atoms with Crippen molar-refractivity contribution in [3.63, 3.8) is 0 Å². The van der Waals surface area contributed by atoms with Crippen molar-refractivity contribution in [2.24, 2.45) is 0 Å². The van der Waals surface area contributed by atoms with Crippen molar-refractivity contribution < 1.29 is 33.2 Å². The Hall–Kier alpha value is -0.770. The van der Waals surface area contributed by atoms with E-state index in [1.165, 1.54) is 0 Å². The molecule has 0 spiro atoms. The predicted octanol–water partition coefficient (Wildman–Crippen LogP) is 1.36. The molecule has 0 aromatic heterocycles. The summed E-state index contributed by atoms with van der Waals surface area (Å²) in [6.07, 6.45) is 0.251. The summed E-state index contributed by atoms with van der Waals surface area (Å²) in [7, 11) is 4.03. The van der Waals surface area contributed by atoms with Crippen LogP contribution in [0, 0.1) is 0 Å². The lowest BCUT2D eigenvalue weighted by atomic mass is 10.2. The molecule has 0 radical (unpaired) electrons. The maximum atomic E-state index is 11.5. The number of esters is 1. The Morgan fingerprint density at radius 1 is 0.667 bits per heavy atom. The highest BCUT2D eigenvalue weighted by Crippen LogP contribution is 2.07. The van der Waals surface area contributed by atoms with Crippen molar-refractivity contribution in [3.8, 4) is 0 Å². The van der Waals surface area contributed by atoms with Gasteiger partial charge in [-0.05, 0) is 34.9 Å². The van der Waals surface area contributed by atoms with Crippen LogP contribution in [0.15, 0.2) is 0 Å². The Morgan fingerprint density at radius 3 is 1.41 bits per heavy atom. The first kappa shape index (κ1) is 26.2. The minimum absolute atomic E-state index is 0.251. The summed E-state index contributed by atoms with van der Waals surface area (Å²) in [5.41, 5.74) is -0.453. The van der Waals surface area contributed by atoms with Crippen LogP contribution >= 0.6 is 0 Å². The molecule has 0 N–H and O–H groups in total. The largest absolute Gasteiger partial charge is 0.460 e. The summed E-state index contributed by atoms with van der Waals surface area (Å²) in [6.45, 7) is 11.7. The molecule has 0 fully saturated rings. The summed E-state index contributed by atoms with van der Waals surface area (Å²) in [4.78, 5) is 13.5. The first-order chi connectivity index (χ1) is 12.8. The average Bonchev–Trinajstić information content (AvgIpc) is 2.55. The molecule has 0 saturated heterocycles. The van der Waals surface area contributed by atoms with Gasteiger partial charge in [0.2, 0.25) is 0 Å². The van der Waals surface area contributed by atoms with Gasteiger partial charge < -0.3 is 33.3 Å².